The lowest BCUT2D eigenvalue weighted by atomic mass is 10.00. The lowest BCUT2D eigenvalue weighted by Gasteiger charge is -2.13. The molecular weight excluding hydrogens is 216 g/mol. The van der Waals surface area contributed by atoms with Gasteiger partial charge in [-0.1, -0.05) is 20.3 Å². The molecule has 0 radical (unpaired) electrons. The van der Waals surface area contributed by atoms with Gasteiger partial charge in [0.15, 0.2) is 11.5 Å². The normalized spacial score (nSPS) is 12.8. The molecule has 0 saturated heterocycles. The maximum atomic E-state index is 12.2. The van der Waals surface area contributed by atoms with Crippen LogP contribution in [-0.4, -0.2) is 22.7 Å². The number of ketones is 1. The van der Waals surface area contributed by atoms with Crippen molar-refractivity contribution in [1.29, 1.82) is 0 Å². The summed E-state index contributed by atoms with van der Waals surface area (Å²) in [5.41, 5.74) is 0.600. The first-order chi connectivity index (χ1) is 8.01. The molecule has 4 heteroatoms. The number of methoxy groups -OCH3 is 1. The van der Waals surface area contributed by atoms with E-state index >= 15 is 0 Å². The van der Waals surface area contributed by atoms with Gasteiger partial charge in [0.25, 0.3) is 0 Å². The number of carbonyl (C=O) groups is 1. The maximum absolute atomic E-state index is 12.2. The molecule has 0 bridgehead atoms. The molecule has 0 aromatic carbocycles. The average molecular weight is 238 g/mol. The van der Waals surface area contributed by atoms with Crippen LogP contribution in [0.5, 0.6) is 5.75 Å². The zero-order valence-corrected chi connectivity index (χ0v) is 11.4. The van der Waals surface area contributed by atoms with E-state index in [4.69, 9.17) is 4.74 Å². The van der Waals surface area contributed by atoms with E-state index in [1.165, 1.54) is 0 Å². The number of carbonyl (C=O) groups excluding carboxylic acids is 1. The Kier molecular flexibility index (Phi) is 4.73. The van der Waals surface area contributed by atoms with Crippen molar-refractivity contribution < 1.29 is 9.53 Å². The first-order valence-corrected chi connectivity index (χ1v) is 6.15. The minimum absolute atomic E-state index is 0.113. The van der Waals surface area contributed by atoms with E-state index in [1.54, 1.807) is 18.0 Å². The number of rotatable bonds is 6. The Morgan fingerprint density at radius 1 is 1.47 bits per heavy atom. The monoisotopic (exact) mass is 238 g/mol. The molecule has 0 fully saturated rings. The summed E-state index contributed by atoms with van der Waals surface area (Å²) in [5.74, 6) is 1.08. The molecule has 0 N–H and O–H groups in total. The van der Waals surface area contributed by atoms with Gasteiger partial charge in [0.05, 0.1) is 13.3 Å². The van der Waals surface area contributed by atoms with Gasteiger partial charge in [-0.3, -0.25) is 9.48 Å². The standard InChI is InChI=1S/C13H22N2O2/c1-6-10(4)7-11(16)13-12(17-5)8-14-15(13)9(2)3/h8-10H,6-7H2,1-5H3. The summed E-state index contributed by atoms with van der Waals surface area (Å²) in [4.78, 5) is 12.2. The van der Waals surface area contributed by atoms with Crippen LogP contribution in [0.3, 0.4) is 0 Å². The first kappa shape index (κ1) is 13.7. The summed E-state index contributed by atoms with van der Waals surface area (Å²) in [6, 6.07) is 0.162. The van der Waals surface area contributed by atoms with E-state index in [1.807, 2.05) is 13.8 Å². The molecule has 0 amide bonds. The molecule has 1 heterocycles. The highest BCUT2D eigenvalue weighted by Gasteiger charge is 2.21. The van der Waals surface area contributed by atoms with E-state index in [9.17, 15) is 4.79 Å². The molecule has 4 nitrogen and oxygen atoms in total. The lowest BCUT2D eigenvalue weighted by Crippen LogP contribution is -2.15. The second-order valence-electron chi connectivity index (χ2n) is 4.74. The molecule has 96 valence electrons. The van der Waals surface area contributed by atoms with E-state index in [2.05, 4.69) is 18.9 Å². The predicted molar refractivity (Wildman–Crippen MR) is 67.6 cm³/mol. The molecule has 1 atom stereocenters. The second-order valence-corrected chi connectivity index (χ2v) is 4.74. The van der Waals surface area contributed by atoms with Crippen LogP contribution in [0.1, 0.15) is 57.1 Å². The van der Waals surface area contributed by atoms with Crippen molar-refractivity contribution in [2.24, 2.45) is 5.92 Å². The fourth-order valence-corrected chi connectivity index (χ4v) is 1.71. The second kappa shape index (κ2) is 5.84. The van der Waals surface area contributed by atoms with Gasteiger partial charge >= 0.3 is 0 Å². The highest BCUT2D eigenvalue weighted by atomic mass is 16.5. The van der Waals surface area contributed by atoms with Gasteiger partial charge in [-0.05, 0) is 19.8 Å². The van der Waals surface area contributed by atoms with Gasteiger partial charge in [0, 0.05) is 12.5 Å². The lowest BCUT2D eigenvalue weighted by molar-refractivity contribution is 0.0948. The predicted octanol–water partition coefficient (Wildman–Crippen LogP) is 3.09. The number of nitrogens with zero attached hydrogens (tertiary/aromatic N) is 2. The van der Waals surface area contributed by atoms with Crippen LogP contribution in [0.4, 0.5) is 0 Å². The number of hydrogen-bond acceptors (Lipinski definition) is 3. The Morgan fingerprint density at radius 2 is 2.12 bits per heavy atom. The van der Waals surface area contributed by atoms with Crippen LogP contribution in [0.25, 0.3) is 0 Å². The molecule has 1 unspecified atom stereocenters. The van der Waals surface area contributed by atoms with Gasteiger partial charge in [0.2, 0.25) is 0 Å². The Bertz CT molecular complexity index is 383. The van der Waals surface area contributed by atoms with E-state index in [0.717, 1.165) is 6.42 Å². The zero-order valence-electron chi connectivity index (χ0n) is 11.4. The van der Waals surface area contributed by atoms with Crippen molar-refractivity contribution in [3.8, 4) is 5.75 Å². The van der Waals surface area contributed by atoms with Crippen LogP contribution in [0.2, 0.25) is 0 Å². The van der Waals surface area contributed by atoms with Crippen molar-refractivity contribution >= 4 is 5.78 Å². The van der Waals surface area contributed by atoms with Crippen LogP contribution in [0, 0.1) is 5.92 Å². The highest BCUT2D eigenvalue weighted by molar-refractivity contribution is 5.97. The van der Waals surface area contributed by atoms with Crippen molar-refractivity contribution in [3.63, 3.8) is 0 Å². The third-order valence-corrected chi connectivity index (χ3v) is 2.97. The molecule has 0 aliphatic rings. The first-order valence-electron chi connectivity index (χ1n) is 6.15. The summed E-state index contributed by atoms with van der Waals surface area (Å²) < 4.78 is 6.95. The average Bonchev–Trinajstić information content (AvgIpc) is 2.72. The quantitative estimate of drug-likeness (QED) is 0.715. The number of ether oxygens (including phenoxy) is 1. The number of hydrogen-bond donors (Lipinski definition) is 0. The van der Waals surface area contributed by atoms with Crippen LogP contribution >= 0.6 is 0 Å². The summed E-state index contributed by atoms with van der Waals surface area (Å²) in [7, 11) is 1.57. The summed E-state index contributed by atoms with van der Waals surface area (Å²) in [6.45, 7) is 8.19. The molecule has 0 aliphatic heterocycles. The SMILES string of the molecule is CCC(C)CC(=O)c1c(OC)cnn1C(C)C. The minimum Gasteiger partial charge on any atom is -0.493 e. The summed E-state index contributed by atoms with van der Waals surface area (Å²) in [5, 5.41) is 4.21. The minimum atomic E-state index is 0.113. The van der Waals surface area contributed by atoms with Gasteiger partial charge < -0.3 is 4.74 Å². The molecular formula is C13H22N2O2. The van der Waals surface area contributed by atoms with Gasteiger partial charge in [-0.15, -0.1) is 0 Å². The van der Waals surface area contributed by atoms with Crippen LogP contribution < -0.4 is 4.74 Å². The number of Topliss-reactive ketones (excluding diaryl/α,β-unsaturated/α-hetero) is 1. The Balaban J connectivity index is 3.01. The van der Waals surface area contributed by atoms with Crippen molar-refractivity contribution in [2.75, 3.05) is 7.11 Å². The molecule has 0 aliphatic carbocycles. The van der Waals surface area contributed by atoms with E-state index in [-0.39, 0.29) is 11.8 Å². The third-order valence-electron chi connectivity index (χ3n) is 2.97. The maximum Gasteiger partial charge on any atom is 0.184 e. The number of aromatic nitrogens is 2. The van der Waals surface area contributed by atoms with Gasteiger partial charge in [-0.25, -0.2) is 0 Å². The molecule has 1 aromatic heterocycles. The molecule has 0 saturated carbocycles. The van der Waals surface area contributed by atoms with Crippen molar-refractivity contribution in [3.05, 3.63) is 11.9 Å². The molecule has 17 heavy (non-hydrogen) atoms. The van der Waals surface area contributed by atoms with Gasteiger partial charge in [-0.2, -0.15) is 5.10 Å². The Morgan fingerprint density at radius 3 is 2.59 bits per heavy atom. The van der Waals surface area contributed by atoms with Crippen molar-refractivity contribution in [1.82, 2.24) is 9.78 Å². The van der Waals surface area contributed by atoms with Gasteiger partial charge in [0.1, 0.15) is 5.69 Å². The Hall–Kier alpha value is -1.32. The van der Waals surface area contributed by atoms with E-state index in [0.29, 0.717) is 23.8 Å². The zero-order chi connectivity index (χ0) is 13.0. The fraction of sp³-hybridized carbons (Fsp3) is 0.692. The largest absolute Gasteiger partial charge is 0.493 e. The third kappa shape index (κ3) is 3.08. The van der Waals surface area contributed by atoms with Crippen molar-refractivity contribution in [2.45, 2.75) is 46.6 Å². The molecule has 0 spiro atoms. The van der Waals surface area contributed by atoms with Crippen LogP contribution in [-0.2, 0) is 0 Å². The topological polar surface area (TPSA) is 44.1 Å². The Labute approximate surface area is 103 Å². The summed E-state index contributed by atoms with van der Waals surface area (Å²) >= 11 is 0. The summed E-state index contributed by atoms with van der Waals surface area (Å²) in [6.07, 6.45) is 3.17. The molecule has 1 aromatic rings. The fourth-order valence-electron chi connectivity index (χ4n) is 1.71. The molecule has 1 rings (SSSR count). The van der Waals surface area contributed by atoms with E-state index < -0.39 is 0 Å². The smallest absolute Gasteiger partial charge is 0.184 e. The van der Waals surface area contributed by atoms with Crippen LogP contribution in [0.15, 0.2) is 6.20 Å². The highest BCUT2D eigenvalue weighted by Crippen LogP contribution is 2.24.